The molecule has 2 heteroatoms. The van der Waals surface area contributed by atoms with E-state index in [1.54, 1.807) is 7.11 Å². The molecule has 0 bridgehead atoms. The van der Waals surface area contributed by atoms with Gasteiger partial charge < -0.3 is 4.74 Å². The lowest BCUT2D eigenvalue weighted by atomic mass is 10.4. The van der Waals surface area contributed by atoms with Crippen LogP contribution in [-0.2, 0) is 4.74 Å². The number of ether oxygens (including phenoxy) is 1. The highest BCUT2D eigenvalue weighted by molar-refractivity contribution is 7.16. The molecule has 0 saturated carbocycles. The lowest BCUT2D eigenvalue weighted by Gasteiger charge is -1.84. The SMILES string of the molecule is C=C(C)C.COCCP. The minimum Gasteiger partial charge on any atom is -0.384 e. The number of methoxy groups -OCH3 is 1. The monoisotopic (exact) mass is 148 g/mol. The maximum Gasteiger partial charge on any atom is 0.0496 e. The summed E-state index contributed by atoms with van der Waals surface area (Å²) in [4.78, 5) is 0. The zero-order chi connectivity index (χ0) is 7.70. The molecule has 0 spiro atoms. The maximum atomic E-state index is 4.67. The van der Waals surface area contributed by atoms with E-state index in [1.807, 2.05) is 13.8 Å². The van der Waals surface area contributed by atoms with Crippen LogP contribution in [0.3, 0.4) is 0 Å². The number of hydrogen-bond donors (Lipinski definition) is 0. The summed E-state index contributed by atoms with van der Waals surface area (Å²) >= 11 is 0. The van der Waals surface area contributed by atoms with Crippen molar-refractivity contribution < 1.29 is 4.74 Å². The molecule has 0 aromatic rings. The van der Waals surface area contributed by atoms with E-state index in [0.717, 1.165) is 12.8 Å². The summed E-state index contributed by atoms with van der Waals surface area (Å²) in [5.74, 6) is 0. The predicted molar refractivity (Wildman–Crippen MR) is 46.9 cm³/mol. The normalized spacial score (nSPS) is 7.56. The second-order valence-corrected chi connectivity index (χ2v) is 2.57. The lowest BCUT2D eigenvalue weighted by Crippen LogP contribution is -1.84. The van der Waals surface area contributed by atoms with Crippen LogP contribution >= 0.6 is 9.24 Å². The molecular weight excluding hydrogens is 131 g/mol. The fraction of sp³-hybridized carbons (Fsp3) is 0.714. The molecule has 0 saturated heterocycles. The molecule has 0 aromatic carbocycles. The molecule has 1 unspecified atom stereocenters. The van der Waals surface area contributed by atoms with Gasteiger partial charge in [-0.15, -0.1) is 15.8 Å². The number of allylic oxidation sites excluding steroid dienone is 1. The minimum absolute atomic E-state index is 0.852. The molecule has 1 atom stereocenters. The molecule has 1 nitrogen and oxygen atoms in total. The molecule has 0 heterocycles. The van der Waals surface area contributed by atoms with Crippen LogP contribution in [0.5, 0.6) is 0 Å². The number of hydrogen-bond acceptors (Lipinski definition) is 1. The van der Waals surface area contributed by atoms with Gasteiger partial charge in [0.2, 0.25) is 0 Å². The summed E-state index contributed by atoms with van der Waals surface area (Å²) in [6, 6.07) is 0. The Balaban J connectivity index is 0. The van der Waals surface area contributed by atoms with Crippen LogP contribution < -0.4 is 0 Å². The highest BCUT2D eigenvalue weighted by Crippen LogP contribution is 1.76. The molecule has 0 aliphatic rings. The first-order chi connectivity index (χ1) is 4.15. The average molecular weight is 148 g/mol. The van der Waals surface area contributed by atoms with Crippen molar-refractivity contribution in [3.63, 3.8) is 0 Å². The smallest absolute Gasteiger partial charge is 0.0496 e. The third kappa shape index (κ3) is 67.3. The van der Waals surface area contributed by atoms with Gasteiger partial charge in [0, 0.05) is 13.7 Å². The zero-order valence-corrected chi connectivity index (χ0v) is 7.76. The van der Waals surface area contributed by atoms with Crippen molar-refractivity contribution in [3.05, 3.63) is 12.2 Å². The van der Waals surface area contributed by atoms with Crippen LogP contribution in [0.2, 0.25) is 0 Å². The first-order valence-electron chi connectivity index (χ1n) is 2.96. The summed E-state index contributed by atoms with van der Waals surface area (Å²) in [7, 11) is 4.27. The Morgan fingerprint density at radius 3 is 1.89 bits per heavy atom. The van der Waals surface area contributed by atoms with Gasteiger partial charge in [0.1, 0.15) is 0 Å². The van der Waals surface area contributed by atoms with Crippen LogP contribution in [-0.4, -0.2) is 19.9 Å². The van der Waals surface area contributed by atoms with Crippen LogP contribution in [0.25, 0.3) is 0 Å². The van der Waals surface area contributed by atoms with Crippen LogP contribution in [0, 0.1) is 0 Å². The fourth-order valence-electron chi connectivity index (χ4n) is 0.118. The molecule has 0 N–H and O–H groups in total. The quantitative estimate of drug-likeness (QED) is 0.430. The van der Waals surface area contributed by atoms with E-state index in [1.165, 1.54) is 5.57 Å². The third-order valence-corrected chi connectivity index (χ3v) is 0.558. The lowest BCUT2D eigenvalue weighted by molar-refractivity contribution is 0.218. The summed E-state index contributed by atoms with van der Waals surface area (Å²) in [5.41, 5.74) is 1.17. The van der Waals surface area contributed by atoms with Gasteiger partial charge in [0.15, 0.2) is 0 Å². The van der Waals surface area contributed by atoms with E-state index in [2.05, 4.69) is 20.6 Å². The second kappa shape index (κ2) is 11.0. The van der Waals surface area contributed by atoms with Crippen molar-refractivity contribution in [1.29, 1.82) is 0 Å². The van der Waals surface area contributed by atoms with E-state index in [0.29, 0.717) is 0 Å². The van der Waals surface area contributed by atoms with Crippen molar-refractivity contribution in [2.24, 2.45) is 0 Å². The molecular formula is C7H17OP. The third-order valence-electron chi connectivity index (χ3n) is 0.322. The Labute approximate surface area is 60.7 Å². The van der Waals surface area contributed by atoms with E-state index < -0.39 is 0 Å². The van der Waals surface area contributed by atoms with Crippen molar-refractivity contribution in [1.82, 2.24) is 0 Å². The van der Waals surface area contributed by atoms with E-state index >= 15 is 0 Å². The van der Waals surface area contributed by atoms with Gasteiger partial charge in [0.05, 0.1) is 0 Å². The highest BCUT2D eigenvalue weighted by atomic mass is 31.0. The zero-order valence-electron chi connectivity index (χ0n) is 6.61. The molecule has 56 valence electrons. The Kier molecular flexibility index (Phi) is 14.5. The fourth-order valence-corrected chi connectivity index (χ4v) is 0.354. The van der Waals surface area contributed by atoms with Gasteiger partial charge in [-0.3, -0.25) is 0 Å². The van der Waals surface area contributed by atoms with Gasteiger partial charge >= 0.3 is 0 Å². The van der Waals surface area contributed by atoms with Gasteiger partial charge in [-0.25, -0.2) is 0 Å². The second-order valence-electron chi connectivity index (χ2n) is 1.99. The van der Waals surface area contributed by atoms with E-state index in [9.17, 15) is 0 Å². The Morgan fingerprint density at radius 1 is 1.56 bits per heavy atom. The molecule has 0 aromatic heterocycles. The van der Waals surface area contributed by atoms with E-state index in [4.69, 9.17) is 0 Å². The molecule has 0 rings (SSSR count). The van der Waals surface area contributed by atoms with Crippen molar-refractivity contribution in [3.8, 4) is 0 Å². The van der Waals surface area contributed by atoms with Crippen LogP contribution in [0.15, 0.2) is 12.2 Å². The van der Waals surface area contributed by atoms with E-state index in [-0.39, 0.29) is 0 Å². The molecule has 0 aliphatic heterocycles. The van der Waals surface area contributed by atoms with Gasteiger partial charge in [-0.05, 0) is 20.0 Å². The average Bonchev–Trinajstić information content (AvgIpc) is 1.66. The van der Waals surface area contributed by atoms with Gasteiger partial charge in [0.25, 0.3) is 0 Å². The number of rotatable bonds is 2. The van der Waals surface area contributed by atoms with Crippen LogP contribution in [0.4, 0.5) is 0 Å². The molecule has 0 amide bonds. The maximum absolute atomic E-state index is 4.67. The van der Waals surface area contributed by atoms with Crippen LogP contribution in [0.1, 0.15) is 13.8 Å². The molecule has 0 aliphatic carbocycles. The minimum atomic E-state index is 0.852. The van der Waals surface area contributed by atoms with Crippen molar-refractivity contribution >= 4 is 9.24 Å². The summed E-state index contributed by atoms with van der Waals surface area (Å²) in [5, 5.41) is 0. The summed E-state index contributed by atoms with van der Waals surface area (Å²) < 4.78 is 4.67. The molecule has 0 fully saturated rings. The van der Waals surface area contributed by atoms with Crippen molar-refractivity contribution in [2.45, 2.75) is 13.8 Å². The van der Waals surface area contributed by atoms with Gasteiger partial charge in [-0.1, -0.05) is 5.57 Å². The largest absolute Gasteiger partial charge is 0.384 e. The topological polar surface area (TPSA) is 9.23 Å². The Morgan fingerprint density at radius 2 is 1.89 bits per heavy atom. The first kappa shape index (κ1) is 11.9. The first-order valence-corrected chi connectivity index (χ1v) is 3.78. The standard InChI is InChI=1S/C4H8.C3H9OP/c1-4(2)3;1-4-2-3-5/h1H2,2-3H3;2-3,5H2,1H3. The van der Waals surface area contributed by atoms with Crippen molar-refractivity contribution in [2.75, 3.05) is 19.9 Å². The predicted octanol–water partition coefficient (Wildman–Crippen LogP) is 2.09. The highest BCUT2D eigenvalue weighted by Gasteiger charge is 1.66. The summed E-state index contributed by atoms with van der Waals surface area (Å²) in [6.07, 6.45) is 1.04. The summed E-state index contributed by atoms with van der Waals surface area (Å²) in [6.45, 7) is 8.35. The Bertz CT molecular complexity index is 55.9. The molecule has 9 heavy (non-hydrogen) atoms. The van der Waals surface area contributed by atoms with Gasteiger partial charge in [-0.2, -0.15) is 0 Å². The Hall–Kier alpha value is 0.130. The molecule has 0 radical (unpaired) electrons.